The second kappa shape index (κ2) is 6.89. The molecule has 0 saturated heterocycles. The molecule has 0 atom stereocenters. The highest BCUT2D eigenvalue weighted by Gasteiger charge is 2.18. The van der Waals surface area contributed by atoms with Crippen LogP contribution >= 0.6 is 23.2 Å². The first kappa shape index (κ1) is 18.7. The van der Waals surface area contributed by atoms with Crippen molar-refractivity contribution in [3.63, 3.8) is 0 Å². The van der Waals surface area contributed by atoms with Gasteiger partial charge < -0.3 is 4.57 Å². The maximum Gasteiger partial charge on any atom is 0.261 e. The third-order valence-corrected chi connectivity index (χ3v) is 4.97. The molecule has 0 aliphatic heterocycles. The fraction of sp³-hybridized carbons (Fsp3) is 0.316. The monoisotopic (exact) mass is 391 g/mol. The number of hydrogen-bond acceptors (Lipinski definition) is 3. The lowest BCUT2D eigenvalue weighted by molar-refractivity contribution is 0.0970. The molecule has 3 rings (SSSR count). The molecule has 0 saturated carbocycles. The van der Waals surface area contributed by atoms with Crippen molar-refractivity contribution in [1.29, 1.82) is 0 Å². The summed E-state index contributed by atoms with van der Waals surface area (Å²) in [5.74, 6) is -0.138. The van der Waals surface area contributed by atoms with Crippen molar-refractivity contribution < 1.29 is 4.79 Å². The molecule has 0 aliphatic rings. The summed E-state index contributed by atoms with van der Waals surface area (Å²) in [5, 5.41) is 0.958. The van der Waals surface area contributed by atoms with Crippen LogP contribution in [0.3, 0.4) is 0 Å². The van der Waals surface area contributed by atoms with E-state index in [-0.39, 0.29) is 23.9 Å². The number of fused-ring (bicyclic) bond motifs is 1. The van der Waals surface area contributed by atoms with E-state index in [1.165, 1.54) is 23.0 Å². The fourth-order valence-corrected chi connectivity index (χ4v) is 3.94. The van der Waals surface area contributed by atoms with E-state index < -0.39 is 0 Å². The molecule has 5 nitrogen and oxygen atoms in total. The Kier molecular flexibility index (Phi) is 4.95. The Morgan fingerprint density at radius 1 is 1.19 bits per heavy atom. The molecule has 136 valence electrons. The Morgan fingerprint density at radius 3 is 2.50 bits per heavy atom. The first-order valence-electron chi connectivity index (χ1n) is 8.26. The van der Waals surface area contributed by atoms with Gasteiger partial charge in [-0.2, -0.15) is 0 Å². The molecule has 0 spiro atoms. The van der Waals surface area contributed by atoms with Crippen molar-refractivity contribution in [2.45, 2.75) is 40.3 Å². The van der Waals surface area contributed by atoms with Gasteiger partial charge in [-0.1, -0.05) is 23.2 Å². The van der Waals surface area contributed by atoms with Gasteiger partial charge >= 0.3 is 0 Å². The standard InChI is InChI=1S/C19H19Cl2N3O2/c1-10(2)24-11(3)5-14(12(24)4)17(25)8-23-9-22-18-15(19(23)26)6-13(20)7-16(18)21/h5-7,9-10H,8H2,1-4H3. The molecule has 2 aromatic heterocycles. The number of aryl methyl sites for hydroxylation is 1. The molecular formula is C19H19Cl2N3O2. The predicted octanol–water partition coefficient (Wildman–Crippen LogP) is 4.59. The van der Waals surface area contributed by atoms with Crippen LogP contribution in [0.15, 0.2) is 29.3 Å². The lowest BCUT2D eigenvalue weighted by atomic mass is 10.1. The molecule has 26 heavy (non-hydrogen) atoms. The average Bonchev–Trinajstić information content (AvgIpc) is 2.85. The van der Waals surface area contributed by atoms with E-state index in [1.54, 1.807) is 0 Å². The van der Waals surface area contributed by atoms with Gasteiger partial charge in [-0.25, -0.2) is 4.98 Å². The zero-order chi connectivity index (χ0) is 19.2. The van der Waals surface area contributed by atoms with Gasteiger partial charge in [0, 0.05) is 28.0 Å². The Labute approximate surface area is 161 Å². The average molecular weight is 392 g/mol. The van der Waals surface area contributed by atoms with E-state index in [9.17, 15) is 9.59 Å². The number of halogens is 2. The minimum atomic E-state index is -0.342. The van der Waals surface area contributed by atoms with E-state index in [4.69, 9.17) is 23.2 Å². The number of hydrogen-bond donors (Lipinski definition) is 0. The Balaban J connectivity index is 2.02. The number of rotatable bonds is 4. The van der Waals surface area contributed by atoms with E-state index in [0.717, 1.165) is 11.4 Å². The lowest BCUT2D eigenvalue weighted by Crippen LogP contribution is -2.25. The number of benzene rings is 1. The maximum atomic E-state index is 12.8. The number of ketones is 1. The lowest BCUT2D eigenvalue weighted by Gasteiger charge is -2.13. The predicted molar refractivity (Wildman–Crippen MR) is 105 cm³/mol. The summed E-state index contributed by atoms with van der Waals surface area (Å²) in [7, 11) is 0. The van der Waals surface area contributed by atoms with Crippen molar-refractivity contribution in [2.24, 2.45) is 0 Å². The molecule has 0 N–H and O–H groups in total. The largest absolute Gasteiger partial charge is 0.346 e. The van der Waals surface area contributed by atoms with E-state index in [0.29, 0.717) is 26.5 Å². The van der Waals surface area contributed by atoms with Crippen LogP contribution in [0.5, 0.6) is 0 Å². The minimum absolute atomic E-state index is 0.0890. The van der Waals surface area contributed by atoms with Crippen molar-refractivity contribution in [1.82, 2.24) is 14.1 Å². The smallest absolute Gasteiger partial charge is 0.261 e. The quantitative estimate of drug-likeness (QED) is 0.611. The molecule has 0 aliphatic carbocycles. The highest BCUT2D eigenvalue weighted by atomic mass is 35.5. The van der Waals surface area contributed by atoms with Crippen LogP contribution in [0.4, 0.5) is 0 Å². The molecule has 0 fully saturated rings. The summed E-state index contributed by atoms with van der Waals surface area (Å²) in [6.07, 6.45) is 1.35. The highest BCUT2D eigenvalue weighted by Crippen LogP contribution is 2.24. The zero-order valence-corrected chi connectivity index (χ0v) is 16.5. The van der Waals surface area contributed by atoms with E-state index in [2.05, 4.69) is 23.4 Å². The SMILES string of the molecule is Cc1cc(C(=O)Cn2cnc3c(Cl)cc(Cl)cc3c2=O)c(C)n1C(C)C. The van der Waals surface area contributed by atoms with Crippen LogP contribution in [0.25, 0.3) is 10.9 Å². The highest BCUT2D eigenvalue weighted by molar-refractivity contribution is 6.38. The van der Waals surface area contributed by atoms with Gasteiger partial charge in [0.2, 0.25) is 0 Å². The van der Waals surface area contributed by atoms with E-state index >= 15 is 0 Å². The molecule has 0 bridgehead atoms. The van der Waals surface area contributed by atoms with Gasteiger partial charge in [0.25, 0.3) is 5.56 Å². The molecule has 3 aromatic rings. The summed E-state index contributed by atoms with van der Waals surface area (Å²) < 4.78 is 3.40. The normalized spacial score (nSPS) is 11.5. The third-order valence-electron chi connectivity index (χ3n) is 4.46. The van der Waals surface area contributed by atoms with Crippen LogP contribution in [0.2, 0.25) is 10.0 Å². The summed E-state index contributed by atoms with van der Waals surface area (Å²) in [4.78, 5) is 29.7. The number of aromatic nitrogens is 3. The van der Waals surface area contributed by atoms with Crippen LogP contribution in [0.1, 0.15) is 41.6 Å². The van der Waals surface area contributed by atoms with Crippen molar-refractivity contribution in [3.8, 4) is 0 Å². The Hall–Kier alpha value is -2.11. The number of nitrogens with zero attached hydrogens (tertiary/aromatic N) is 3. The Morgan fingerprint density at radius 2 is 1.88 bits per heavy atom. The second-order valence-corrected chi connectivity index (χ2v) is 7.48. The van der Waals surface area contributed by atoms with Crippen LogP contribution in [-0.4, -0.2) is 19.9 Å². The molecule has 1 aromatic carbocycles. The van der Waals surface area contributed by atoms with Gasteiger partial charge in [-0.15, -0.1) is 0 Å². The second-order valence-electron chi connectivity index (χ2n) is 6.63. The van der Waals surface area contributed by atoms with Gasteiger partial charge in [-0.3, -0.25) is 14.2 Å². The summed E-state index contributed by atoms with van der Waals surface area (Å²) in [5.41, 5.74) is 2.57. The van der Waals surface area contributed by atoms with Crippen molar-refractivity contribution >= 4 is 39.9 Å². The fourth-order valence-electron chi connectivity index (χ4n) is 3.40. The summed E-state index contributed by atoms with van der Waals surface area (Å²) in [6, 6.07) is 5.17. The first-order valence-corrected chi connectivity index (χ1v) is 9.02. The molecular weight excluding hydrogens is 373 g/mol. The topological polar surface area (TPSA) is 56.9 Å². The Bertz CT molecular complexity index is 1080. The summed E-state index contributed by atoms with van der Waals surface area (Å²) in [6.45, 7) is 7.94. The molecule has 0 radical (unpaired) electrons. The third kappa shape index (κ3) is 3.17. The first-order chi connectivity index (χ1) is 12.2. The minimum Gasteiger partial charge on any atom is -0.346 e. The molecule has 2 heterocycles. The van der Waals surface area contributed by atoms with Crippen molar-refractivity contribution in [2.75, 3.05) is 0 Å². The zero-order valence-electron chi connectivity index (χ0n) is 15.0. The van der Waals surface area contributed by atoms with Crippen molar-refractivity contribution in [3.05, 3.63) is 61.9 Å². The molecule has 0 amide bonds. The van der Waals surface area contributed by atoms with Crippen LogP contribution < -0.4 is 5.56 Å². The number of carbonyl (C=O) groups is 1. The van der Waals surface area contributed by atoms with Crippen LogP contribution in [0, 0.1) is 13.8 Å². The van der Waals surface area contributed by atoms with Gasteiger partial charge in [0.1, 0.15) is 0 Å². The van der Waals surface area contributed by atoms with Gasteiger partial charge in [0.15, 0.2) is 5.78 Å². The van der Waals surface area contributed by atoms with Gasteiger partial charge in [-0.05, 0) is 45.9 Å². The molecule has 0 unspecified atom stereocenters. The summed E-state index contributed by atoms with van der Waals surface area (Å²) >= 11 is 12.1. The molecule has 7 heteroatoms. The number of carbonyl (C=O) groups excluding carboxylic acids is 1. The number of Topliss-reactive ketones (excluding diaryl/α,β-unsaturated/α-hetero) is 1. The van der Waals surface area contributed by atoms with E-state index in [1.807, 2.05) is 19.9 Å². The van der Waals surface area contributed by atoms with Crippen LogP contribution in [-0.2, 0) is 6.54 Å². The maximum absolute atomic E-state index is 12.8. The van der Waals surface area contributed by atoms with Gasteiger partial charge in [0.05, 0.1) is 28.8 Å².